The fourth-order valence-electron chi connectivity index (χ4n) is 2.35. The van der Waals surface area contributed by atoms with E-state index in [0.717, 1.165) is 17.3 Å². The Morgan fingerprint density at radius 1 is 1.25 bits per heavy atom. The highest BCUT2D eigenvalue weighted by molar-refractivity contribution is 9.10. The fraction of sp³-hybridized carbons (Fsp3) is 0.571. The first-order chi connectivity index (χ1) is 9.58. The van der Waals surface area contributed by atoms with Crippen molar-refractivity contribution in [3.63, 3.8) is 0 Å². The van der Waals surface area contributed by atoms with Crippen LogP contribution in [0.2, 0.25) is 0 Å². The molecule has 1 N–H and O–H groups in total. The molecular weight excluding hydrogens is 342 g/mol. The Bertz CT molecular complexity index is 527. The second-order valence-corrected chi connectivity index (χ2v) is 7.67. The lowest BCUT2D eigenvalue weighted by molar-refractivity contribution is 0.0321. The Morgan fingerprint density at radius 3 is 2.70 bits per heavy atom. The molecule has 112 valence electrons. The second kappa shape index (κ2) is 7.54. The van der Waals surface area contributed by atoms with Crippen LogP contribution in [0.1, 0.15) is 32.1 Å². The zero-order valence-corrected chi connectivity index (χ0v) is 13.7. The van der Waals surface area contributed by atoms with Gasteiger partial charge in [-0.15, -0.1) is 0 Å². The van der Waals surface area contributed by atoms with E-state index >= 15 is 0 Å². The standard InChI is InChI=1S/C14H20BrNO3S/c15-12-5-4-8-14(11-12)20(17,18)16-9-10-19-13-6-2-1-3-7-13/h4-5,8,11,13,16H,1-3,6-7,9-10H2. The third-order valence-corrected chi connectivity index (χ3v) is 5.36. The molecule has 1 saturated carbocycles. The SMILES string of the molecule is O=S(=O)(NCCOC1CCCCC1)c1cccc(Br)c1. The van der Waals surface area contributed by atoms with Gasteiger partial charge in [-0.25, -0.2) is 13.1 Å². The average molecular weight is 362 g/mol. The Kier molecular flexibility index (Phi) is 6.01. The first kappa shape index (κ1) is 15.9. The third-order valence-electron chi connectivity index (χ3n) is 3.41. The molecule has 1 aromatic rings. The predicted molar refractivity (Wildman–Crippen MR) is 82.2 cm³/mol. The molecule has 0 radical (unpaired) electrons. The Morgan fingerprint density at radius 2 is 2.00 bits per heavy atom. The lowest BCUT2D eigenvalue weighted by Gasteiger charge is -2.22. The van der Waals surface area contributed by atoms with Crippen molar-refractivity contribution in [3.05, 3.63) is 28.7 Å². The summed E-state index contributed by atoms with van der Waals surface area (Å²) < 4.78 is 33.1. The molecule has 0 aromatic heterocycles. The van der Waals surface area contributed by atoms with Crippen molar-refractivity contribution in [3.8, 4) is 0 Å². The molecule has 0 aliphatic heterocycles. The molecule has 1 aliphatic rings. The van der Waals surface area contributed by atoms with Crippen LogP contribution in [0.3, 0.4) is 0 Å². The van der Waals surface area contributed by atoms with Crippen LogP contribution < -0.4 is 4.72 Å². The molecule has 6 heteroatoms. The van der Waals surface area contributed by atoms with E-state index in [4.69, 9.17) is 4.74 Å². The largest absolute Gasteiger partial charge is 0.377 e. The van der Waals surface area contributed by atoms with Gasteiger partial charge in [0.25, 0.3) is 0 Å². The van der Waals surface area contributed by atoms with Crippen molar-refractivity contribution in [2.75, 3.05) is 13.2 Å². The van der Waals surface area contributed by atoms with E-state index in [9.17, 15) is 8.42 Å². The van der Waals surface area contributed by atoms with Gasteiger partial charge in [0.2, 0.25) is 10.0 Å². The van der Waals surface area contributed by atoms with Crippen LogP contribution in [0.4, 0.5) is 0 Å². The van der Waals surface area contributed by atoms with E-state index in [1.807, 2.05) is 0 Å². The third kappa shape index (κ3) is 4.84. The average Bonchev–Trinajstić information content (AvgIpc) is 2.45. The lowest BCUT2D eigenvalue weighted by atomic mass is 9.98. The number of nitrogens with one attached hydrogen (secondary N) is 1. The van der Waals surface area contributed by atoms with E-state index in [0.29, 0.717) is 19.3 Å². The van der Waals surface area contributed by atoms with Gasteiger partial charge in [-0.2, -0.15) is 0 Å². The molecule has 1 aromatic carbocycles. The first-order valence-electron chi connectivity index (χ1n) is 6.95. The molecule has 0 amide bonds. The summed E-state index contributed by atoms with van der Waals surface area (Å²) in [6, 6.07) is 6.67. The molecule has 0 saturated heterocycles. The van der Waals surface area contributed by atoms with Crippen molar-refractivity contribution in [2.24, 2.45) is 0 Å². The van der Waals surface area contributed by atoms with Gasteiger partial charge in [0.05, 0.1) is 17.6 Å². The van der Waals surface area contributed by atoms with Crippen LogP contribution in [-0.4, -0.2) is 27.7 Å². The highest BCUT2D eigenvalue weighted by Crippen LogP contribution is 2.20. The van der Waals surface area contributed by atoms with Gasteiger partial charge in [-0.3, -0.25) is 0 Å². The summed E-state index contributed by atoms with van der Waals surface area (Å²) in [6.45, 7) is 0.739. The Hall–Kier alpha value is -0.430. The fourth-order valence-corrected chi connectivity index (χ4v) is 3.96. The highest BCUT2D eigenvalue weighted by atomic mass is 79.9. The zero-order chi connectivity index (χ0) is 14.4. The van der Waals surface area contributed by atoms with Crippen LogP contribution in [-0.2, 0) is 14.8 Å². The molecule has 2 rings (SSSR count). The van der Waals surface area contributed by atoms with Gasteiger partial charge >= 0.3 is 0 Å². The van der Waals surface area contributed by atoms with Crippen LogP contribution in [0.5, 0.6) is 0 Å². The molecule has 0 unspecified atom stereocenters. The molecule has 20 heavy (non-hydrogen) atoms. The topological polar surface area (TPSA) is 55.4 Å². The van der Waals surface area contributed by atoms with Gasteiger partial charge in [0.1, 0.15) is 0 Å². The van der Waals surface area contributed by atoms with E-state index < -0.39 is 10.0 Å². The maximum atomic E-state index is 12.0. The number of sulfonamides is 1. The quantitative estimate of drug-likeness (QED) is 0.792. The Balaban J connectivity index is 1.78. The number of hydrogen-bond acceptors (Lipinski definition) is 3. The predicted octanol–water partition coefficient (Wildman–Crippen LogP) is 3.08. The molecule has 0 spiro atoms. The summed E-state index contributed by atoms with van der Waals surface area (Å²) in [7, 11) is -3.45. The van der Waals surface area contributed by atoms with Gasteiger partial charge in [0.15, 0.2) is 0 Å². The molecule has 0 atom stereocenters. The van der Waals surface area contributed by atoms with Gasteiger partial charge in [-0.1, -0.05) is 41.3 Å². The summed E-state index contributed by atoms with van der Waals surface area (Å²) in [6.07, 6.45) is 6.22. The van der Waals surface area contributed by atoms with Crippen molar-refractivity contribution < 1.29 is 13.2 Å². The molecular formula is C14H20BrNO3S. The minimum atomic E-state index is -3.45. The number of hydrogen-bond donors (Lipinski definition) is 1. The van der Waals surface area contributed by atoms with Gasteiger partial charge in [0, 0.05) is 11.0 Å². The summed E-state index contributed by atoms with van der Waals surface area (Å²) in [5, 5.41) is 0. The monoisotopic (exact) mass is 361 g/mol. The maximum Gasteiger partial charge on any atom is 0.240 e. The summed E-state index contributed by atoms with van der Waals surface area (Å²) in [4.78, 5) is 0.268. The van der Waals surface area contributed by atoms with E-state index in [1.165, 1.54) is 19.3 Å². The molecule has 0 heterocycles. The van der Waals surface area contributed by atoms with Crippen molar-refractivity contribution >= 4 is 26.0 Å². The van der Waals surface area contributed by atoms with Gasteiger partial charge < -0.3 is 4.74 Å². The normalized spacial score (nSPS) is 17.2. The zero-order valence-electron chi connectivity index (χ0n) is 11.3. The smallest absolute Gasteiger partial charge is 0.240 e. The van der Waals surface area contributed by atoms with Crippen LogP contribution >= 0.6 is 15.9 Å². The highest BCUT2D eigenvalue weighted by Gasteiger charge is 2.15. The van der Waals surface area contributed by atoms with Crippen molar-refractivity contribution in [1.82, 2.24) is 4.72 Å². The molecule has 4 nitrogen and oxygen atoms in total. The minimum absolute atomic E-state index is 0.268. The Labute approximate surface area is 129 Å². The maximum absolute atomic E-state index is 12.0. The minimum Gasteiger partial charge on any atom is -0.377 e. The summed E-state index contributed by atoms with van der Waals surface area (Å²) in [5.41, 5.74) is 0. The first-order valence-corrected chi connectivity index (χ1v) is 9.22. The molecule has 1 aliphatic carbocycles. The molecule has 1 fully saturated rings. The number of ether oxygens (including phenoxy) is 1. The van der Waals surface area contributed by atoms with Crippen LogP contribution in [0.15, 0.2) is 33.6 Å². The number of benzene rings is 1. The number of rotatable bonds is 6. The van der Waals surface area contributed by atoms with E-state index in [-0.39, 0.29) is 4.90 Å². The van der Waals surface area contributed by atoms with Crippen LogP contribution in [0, 0.1) is 0 Å². The van der Waals surface area contributed by atoms with Gasteiger partial charge in [-0.05, 0) is 31.0 Å². The van der Waals surface area contributed by atoms with E-state index in [2.05, 4.69) is 20.7 Å². The summed E-state index contributed by atoms with van der Waals surface area (Å²) in [5.74, 6) is 0. The van der Waals surface area contributed by atoms with E-state index in [1.54, 1.807) is 24.3 Å². The van der Waals surface area contributed by atoms with Crippen molar-refractivity contribution in [2.45, 2.75) is 43.1 Å². The second-order valence-electron chi connectivity index (χ2n) is 4.99. The lowest BCUT2D eigenvalue weighted by Crippen LogP contribution is -2.29. The van der Waals surface area contributed by atoms with Crippen molar-refractivity contribution in [1.29, 1.82) is 0 Å². The van der Waals surface area contributed by atoms with Crippen LogP contribution in [0.25, 0.3) is 0 Å². The number of halogens is 1. The summed E-state index contributed by atoms with van der Waals surface area (Å²) >= 11 is 3.27. The molecule has 0 bridgehead atoms.